The molecule has 4 aromatic carbocycles. The van der Waals surface area contributed by atoms with Crippen LogP contribution < -0.4 is 21.2 Å². The number of pyridine rings is 2. The molecule has 0 radical (unpaired) electrons. The maximum atomic E-state index is 4.19. The van der Waals surface area contributed by atoms with Crippen molar-refractivity contribution in [3.8, 4) is 11.4 Å². The molecule has 0 amide bonds. The zero-order valence-electron chi connectivity index (χ0n) is 22.6. The molecular formula is C36H32N2OsP2+2. The van der Waals surface area contributed by atoms with Gasteiger partial charge in [-0.25, -0.2) is 0 Å². The zero-order chi connectivity index (χ0) is 27.2. The third-order valence-corrected chi connectivity index (χ3v) is 11.5. The van der Waals surface area contributed by atoms with Crippen molar-refractivity contribution in [3.05, 3.63) is 182 Å². The van der Waals surface area contributed by atoms with E-state index >= 15 is 0 Å². The molecule has 6 rings (SSSR count). The Labute approximate surface area is 258 Å². The van der Waals surface area contributed by atoms with E-state index in [1.54, 1.807) is 12.4 Å². The van der Waals surface area contributed by atoms with Gasteiger partial charge in [0.1, 0.15) is 32.9 Å². The molecule has 0 N–H and O–H groups in total. The third kappa shape index (κ3) is 8.95. The average Bonchev–Trinajstić information content (AvgIpc) is 3.06. The molecular weight excluding hydrogens is 713 g/mol. The van der Waals surface area contributed by atoms with Gasteiger partial charge in [-0.2, -0.15) is 0 Å². The Hall–Kier alpha value is -3.58. The largest absolute Gasteiger partial charge is 0.255 e. The van der Waals surface area contributed by atoms with Crippen molar-refractivity contribution in [3.63, 3.8) is 0 Å². The van der Waals surface area contributed by atoms with Gasteiger partial charge < -0.3 is 0 Å². The van der Waals surface area contributed by atoms with Crippen LogP contribution in [-0.2, 0) is 19.8 Å². The quantitative estimate of drug-likeness (QED) is 0.160. The minimum Gasteiger partial charge on any atom is -0.255 e. The van der Waals surface area contributed by atoms with Gasteiger partial charge in [0.05, 0.1) is 27.2 Å². The van der Waals surface area contributed by atoms with Crippen molar-refractivity contribution in [2.24, 2.45) is 0 Å². The normalized spacial score (nSPS) is 10.6. The van der Waals surface area contributed by atoms with Crippen molar-refractivity contribution < 1.29 is 19.8 Å². The van der Waals surface area contributed by atoms with Crippen molar-refractivity contribution >= 4 is 37.1 Å². The second-order valence-electron chi connectivity index (χ2n) is 9.05. The molecule has 41 heavy (non-hydrogen) atoms. The first-order chi connectivity index (χ1) is 19.9. The van der Waals surface area contributed by atoms with Gasteiger partial charge in [-0.1, -0.05) is 84.9 Å². The number of hydrogen-bond donors (Lipinski definition) is 0. The Balaban J connectivity index is 0.000000249. The van der Waals surface area contributed by atoms with Crippen LogP contribution in [0.3, 0.4) is 0 Å². The summed E-state index contributed by atoms with van der Waals surface area (Å²) in [5, 5.41) is 5.71. The SMILES string of the molecule is C(=C[PH+](c1ccccc1)c1ccccc1)[PH+](c1ccccc1)c1ccccc1.[Os].c1ccc(-c2ccccn2)nc1. The Morgan fingerprint density at radius 3 is 0.854 bits per heavy atom. The van der Waals surface area contributed by atoms with Gasteiger partial charge in [0.15, 0.2) is 0 Å². The van der Waals surface area contributed by atoms with Crippen LogP contribution in [0.1, 0.15) is 0 Å². The Kier molecular flexibility index (Phi) is 12.3. The van der Waals surface area contributed by atoms with Crippen LogP contribution in [0.5, 0.6) is 0 Å². The number of aromatic nitrogens is 2. The van der Waals surface area contributed by atoms with E-state index in [0.29, 0.717) is 0 Å². The summed E-state index contributed by atoms with van der Waals surface area (Å²) >= 11 is 0. The zero-order valence-corrected chi connectivity index (χ0v) is 27.1. The monoisotopic (exact) mass is 746 g/mol. The van der Waals surface area contributed by atoms with Gasteiger partial charge >= 0.3 is 0 Å². The van der Waals surface area contributed by atoms with Crippen LogP contribution in [0.2, 0.25) is 0 Å². The number of rotatable bonds is 7. The summed E-state index contributed by atoms with van der Waals surface area (Å²) in [7, 11) is -1.93. The fourth-order valence-electron chi connectivity index (χ4n) is 4.38. The molecule has 202 valence electrons. The summed E-state index contributed by atoms with van der Waals surface area (Å²) in [5.74, 6) is 5.01. The molecule has 0 spiro atoms. The van der Waals surface area contributed by atoms with Crippen LogP contribution in [0, 0.1) is 0 Å². The van der Waals surface area contributed by atoms with Gasteiger partial charge in [0, 0.05) is 32.2 Å². The number of hydrogen-bond acceptors (Lipinski definition) is 2. The van der Waals surface area contributed by atoms with Crippen LogP contribution in [0.4, 0.5) is 0 Å². The molecule has 6 aromatic rings. The molecule has 2 heterocycles. The van der Waals surface area contributed by atoms with Gasteiger partial charge in [-0.3, -0.25) is 9.97 Å². The Morgan fingerprint density at radius 2 is 0.610 bits per heavy atom. The predicted octanol–water partition coefficient (Wildman–Crippen LogP) is 7.33. The fraction of sp³-hybridized carbons (Fsp3) is 0. The maximum absolute atomic E-state index is 4.19. The van der Waals surface area contributed by atoms with E-state index in [2.05, 4.69) is 143 Å². The van der Waals surface area contributed by atoms with E-state index < -0.39 is 15.8 Å². The molecule has 0 bridgehead atoms. The third-order valence-electron chi connectivity index (χ3n) is 6.35. The molecule has 0 unspecified atom stereocenters. The standard InChI is InChI=1S/C26H22P2.C10H8N2.Os/c1-5-13-23(14-6-1)27(24-15-7-2-8-16-24)21-22-28(25-17-9-3-10-18-25)26-19-11-4-12-20-26;1-3-7-11-9(5-1)10-6-2-4-8-12-10;/h1-22H;1-8H;/p+2. The first-order valence-corrected chi connectivity index (χ1v) is 16.5. The second kappa shape index (κ2) is 16.6. The molecule has 0 fully saturated rings. The van der Waals surface area contributed by atoms with Gasteiger partial charge in [0.25, 0.3) is 0 Å². The molecule has 0 saturated carbocycles. The van der Waals surface area contributed by atoms with Gasteiger partial charge in [-0.15, -0.1) is 0 Å². The van der Waals surface area contributed by atoms with E-state index in [-0.39, 0.29) is 19.8 Å². The van der Waals surface area contributed by atoms with E-state index in [1.165, 1.54) is 21.2 Å². The molecule has 0 aliphatic rings. The van der Waals surface area contributed by atoms with Crippen molar-refractivity contribution in [2.45, 2.75) is 0 Å². The summed E-state index contributed by atoms with van der Waals surface area (Å²) < 4.78 is 0. The Bertz CT molecular complexity index is 1370. The summed E-state index contributed by atoms with van der Waals surface area (Å²) in [5.41, 5.74) is 1.83. The number of benzene rings is 4. The summed E-state index contributed by atoms with van der Waals surface area (Å²) in [6.07, 6.45) is 3.54. The molecule has 2 aromatic heterocycles. The first-order valence-electron chi connectivity index (χ1n) is 13.3. The van der Waals surface area contributed by atoms with Crippen LogP contribution in [0.15, 0.2) is 182 Å². The smallest absolute Gasteiger partial charge is 0.102 e. The molecule has 5 heteroatoms. The minimum atomic E-state index is -0.964. The van der Waals surface area contributed by atoms with Gasteiger partial charge in [-0.05, 0) is 72.8 Å². The summed E-state index contributed by atoms with van der Waals surface area (Å²) in [4.78, 5) is 8.37. The van der Waals surface area contributed by atoms with Crippen LogP contribution in [0.25, 0.3) is 11.4 Å². The summed E-state index contributed by atoms with van der Waals surface area (Å²) in [6.45, 7) is 0. The van der Waals surface area contributed by atoms with Crippen molar-refractivity contribution in [2.75, 3.05) is 0 Å². The number of nitrogens with zero attached hydrogens (tertiary/aromatic N) is 2. The topological polar surface area (TPSA) is 25.8 Å². The van der Waals surface area contributed by atoms with E-state index in [1.807, 2.05) is 36.4 Å². The van der Waals surface area contributed by atoms with E-state index in [4.69, 9.17) is 0 Å². The molecule has 0 atom stereocenters. The molecule has 2 nitrogen and oxygen atoms in total. The Morgan fingerprint density at radius 1 is 0.341 bits per heavy atom. The van der Waals surface area contributed by atoms with Crippen molar-refractivity contribution in [1.82, 2.24) is 9.97 Å². The molecule has 0 saturated heterocycles. The average molecular weight is 745 g/mol. The van der Waals surface area contributed by atoms with Crippen molar-refractivity contribution in [1.29, 1.82) is 0 Å². The minimum absolute atomic E-state index is 0. The summed E-state index contributed by atoms with van der Waals surface area (Å²) in [6, 6.07) is 55.3. The van der Waals surface area contributed by atoms with E-state index in [0.717, 1.165) is 11.4 Å². The molecule has 0 aliphatic heterocycles. The molecule has 0 aliphatic carbocycles. The predicted molar refractivity (Wildman–Crippen MR) is 178 cm³/mol. The fourth-order valence-corrected chi connectivity index (χ4v) is 9.36. The second-order valence-corrected chi connectivity index (χ2v) is 13.7. The van der Waals surface area contributed by atoms with Gasteiger partial charge in [0.2, 0.25) is 0 Å². The maximum Gasteiger partial charge on any atom is 0.102 e. The van der Waals surface area contributed by atoms with E-state index in [9.17, 15) is 0 Å². The first kappa shape index (κ1) is 30.4. The van der Waals surface area contributed by atoms with Crippen LogP contribution in [-0.4, -0.2) is 9.97 Å². The van der Waals surface area contributed by atoms with Crippen LogP contribution >= 0.6 is 15.8 Å².